The Balaban J connectivity index is 0.00000110. The number of nitrogens with one attached hydrogen (secondary N) is 2. The summed E-state index contributed by atoms with van der Waals surface area (Å²) in [5.41, 5.74) is 1.96. The molecule has 0 aromatic heterocycles. The van der Waals surface area contributed by atoms with E-state index in [1.165, 1.54) is 4.90 Å². The summed E-state index contributed by atoms with van der Waals surface area (Å²) in [6, 6.07) is 5.62. The first-order chi connectivity index (χ1) is 18.1. The molecule has 0 saturated carbocycles. The summed E-state index contributed by atoms with van der Waals surface area (Å²) in [7, 11) is 3.24. The van der Waals surface area contributed by atoms with Crippen molar-refractivity contribution in [1.82, 2.24) is 15.5 Å². The molecule has 2 aliphatic rings. The normalized spacial score (nSPS) is 16.1. The van der Waals surface area contributed by atoms with Crippen LogP contribution in [0.25, 0.3) is 0 Å². The molecule has 1 atom stereocenters. The molecule has 1 unspecified atom stereocenters. The number of benzene rings is 1. The van der Waals surface area contributed by atoms with Gasteiger partial charge < -0.3 is 30.1 Å². The largest absolute Gasteiger partial charge is 0.515 e. The van der Waals surface area contributed by atoms with Gasteiger partial charge in [-0.05, 0) is 43.0 Å². The molecule has 38 heavy (non-hydrogen) atoms. The number of ether oxygens (including phenoxy) is 2. The van der Waals surface area contributed by atoms with Gasteiger partial charge in [0.1, 0.15) is 0 Å². The summed E-state index contributed by atoms with van der Waals surface area (Å²) in [6.07, 6.45) is 14.4. The van der Waals surface area contributed by atoms with Gasteiger partial charge in [-0.1, -0.05) is 39.0 Å². The van der Waals surface area contributed by atoms with Crippen LogP contribution in [0, 0.1) is 18.8 Å². The summed E-state index contributed by atoms with van der Waals surface area (Å²) in [5, 5.41) is 15.4. The summed E-state index contributed by atoms with van der Waals surface area (Å²) in [5.74, 6) is 2.72. The fourth-order valence-electron chi connectivity index (χ4n) is 2.82. The number of aliphatic hydroxyl groups is 1. The zero-order valence-corrected chi connectivity index (χ0v) is 23.5. The maximum atomic E-state index is 11.9. The molecule has 0 aliphatic carbocycles. The minimum Gasteiger partial charge on any atom is -0.515 e. The lowest BCUT2D eigenvalue weighted by molar-refractivity contribution is -0.124. The number of likely N-dealkylation sites (N-methyl/N-ethyl adjacent to an activating group) is 1. The number of amides is 1. The van der Waals surface area contributed by atoms with Gasteiger partial charge in [-0.15, -0.1) is 21.6 Å². The van der Waals surface area contributed by atoms with Crippen LogP contribution in [0.4, 0.5) is 0 Å². The number of carbonyl (C=O) groups excluding carboxylic acids is 1. The van der Waals surface area contributed by atoms with E-state index in [0.29, 0.717) is 29.7 Å². The third-order valence-electron chi connectivity index (χ3n) is 4.43. The molecule has 3 rings (SSSR count). The molecule has 10 nitrogen and oxygen atoms in total. The van der Waals surface area contributed by atoms with Crippen LogP contribution < -0.4 is 20.1 Å². The first kappa shape index (κ1) is 32.0. The van der Waals surface area contributed by atoms with E-state index in [1.54, 1.807) is 32.3 Å². The fourth-order valence-corrected chi connectivity index (χ4v) is 3.45. The second kappa shape index (κ2) is 16.7. The number of amidine groups is 2. The second-order valence-corrected chi connectivity index (χ2v) is 9.67. The summed E-state index contributed by atoms with van der Waals surface area (Å²) in [4.78, 5) is 13.3. The predicted molar refractivity (Wildman–Crippen MR) is 153 cm³/mol. The van der Waals surface area contributed by atoms with Crippen molar-refractivity contribution in [3.05, 3.63) is 59.5 Å². The standard InChI is InChI=1S/C21H25N5O5S.C4H10.C2H2/c1-14(6-4-5-7-16(12-27)21(28)26(2)3)23-20-19(24-32(29)25-20)22-11-15-8-9-17-18(10-15)31-13-30-17;1-4(2)3;1-2/h4-6,8-10,12,27H,7,11,13H2,1-3H3,(H,22,24)(H,23,25);4H,1-3H3;1-2H/b5-4?,14-6+,16-12-;;. The van der Waals surface area contributed by atoms with Crippen molar-refractivity contribution in [3.63, 3.8) is 0 Å². The van der Waals surface area contributed by atoms with E-state index in [9.17, 15) is 14.1 Å². The first-order valence-electron chi connectivity index (χ1n) is 11.8. The van der Waals surface area contributed by atoms with E-state index in [-0.39, 0.29) is 24.7 Å². The molecule has 0 radical (unpaired) electrons. The Kier molecular flexibility index (Phi) is 14.0. The number of aliphatic hydroxyl groups excluding tert-OH is 1. The van der Waals surface area contributed by atoms with Gasteiger partial charge in [0, 0.05) is 26.3 Å². The van der Waals surface area contributed by atoms with Crippen LogP contribution in [0.15, 0.2) is 62.8 Å². The quantitative estimate of drug-likeness (QED) is 0.207. The molecule has 0 bridgehead atoms. The number of terminal acetylenes is 1. The van der Waals surface area contributed by atoms with Crippen LogP contribution in [0.2, 0.25) is 0 Å². The van der Waals surface area contributed by atoms with E-state index < -0.39 is 11.2 Å². The first-order valence-corrected chi connectivity index (χ1v) is 12.9. The van der Waals surface area contributed by atoms with Crippen molar-refractivity contribution >= 4 is 28.8 Å². The maximum absolute atomic E-state index is 11.9. The lowest BCUT2D eigenvalue weighted by atomic mass is 10.1. The summed E-state index contributed by atoms with van der Waals surface area (Å²) >= 11 is -1.70. The van der Waals surface area contributed by atoms with Crippen molar-refractivity contribution in [1.29, 1.82) is 0 Å². The van der Waals surface area contributed by atoms with Crippen molar-refractivity contribution < 1.29 is 23.6 Å². The molecule has 1 amide bonds. The van der Waals surface area contributed by atoms with Gasteiger partial charge >= 0.3 is 0 Å². The van der Waals surface area contributed by atoms with Crippen LogP contribution in [0.1, 0.15) is 39.7 Å². The highest BCUT2D eigenvalue weighted by atomic mass is 32.2. The molecule has 1 aromatic rings. The molecule has 0 fully saturated rings. The highest BCUT2D eigenvalue weighted by Crippen LogP contribution is 2.32. The Bertz CT molecular complexity index is 1150. The van der Waals surface area contributed by atoms with Crippen LogP contribution in [-0.2, 0) is 22.5 Å². The number of allylic oxidation sites excluding steroid dienone is 4. The third-order valence-corrected chi connectivity index (χ3v) is 5.11. The molecule has 3 N–H and O–H groups in total. The average molecular weight is 544 g/mol. The maximum Gasteiger partial charge on any atom is 0.269 e. The van der Waals surface area contributed by atoms with Gasteiger partial charge in [0.15, 0.2) is 23.2 Å². The Morgan fingerprint density at radius 3 is 2.45 bits per heavy atom. The van der Waals surface area contributed by atoms with E-state index in [2.05, 4.69) is 53.0 Å². The number of hydrogen-bond donors (Lipinski definition) is 3. The highest BCUT2D eigenvalue weighted by molar-refractivity contribution is 7.83. The van der Waals surface area contributed by atoms with Crippen LogP contribution in [0.5, 0.6) is 11.5 Å². The molecule has 206 valence electrons. The van der Waals surface area contributed by atoms with E-state index in [4.69, 9.17) is 9.47 Å². The van der Waals surface area contributed by atoms with Gasteiger partial charge in [-0.2, -0.15) is 0 Å². The summed E-state index contributed by atoms with van der Waals surface area (Å²) < 4.78 is 30.5. The number of carbonyl (C=O) groups is 1. The molecule has 0 saturated heterocycles. The minimum absolute atomic E-state index is 0.211. The Morgan fingerprint density at radius 1 is 1.18 bits per heavy atom. The van der Waals surface area contributed by atoms with E-state index in [0.717, 1.165) is 23.4 Å². The lowest BCUT2D eigenvalue weighted by Gasteiger charge is -2.11. The highest BCUT2D eigenvalue weighted by Gasteiger charge is 2.19. The average Bonchev–Trinajstić information content (AvgIpc) is 3.48. The minimum atomic E-state index is -1.70. The topological polar surface area (TPSA) is 125 Å². The van der Waals surface area contributed by atoms with Crippen molar-refractivity contribution in [2.75, 3.05) is 20.9 Å². The number of nitrogens with zero attached hydrogens (tertiary/aromatic N) is 3. The van der Waals surface area contributed by atoms with Crippen LogP contribution in [-0.4, -0.2) is 52.7 Å². The summed E-state index contributed by atoms with van der Waals surface area (Å²) in [6.45, 7) is 8.96. The van der Waals surface area contributed by atoms with Gasteiger partial charge in [-0.25, -0.2) is 4.21 Å². The molecular formula is C27H37N5O5S. The smallest absolute Gasteiger partial charge is 0.269 e. The Labute approximate surface area is 228 Å². The molecule has 1 aromatic carbocycles. The lowest BCUT2D eigenvalue weighted by Crippen LogP contribution is -2.37. The van der Waals surface area contributed by atoms with E-state index in [1.807, 2.05) is 25.1 Å². The Hall–Kier alpha value is -4.04. The zero-order valence-electron chi connectivity index (χ0n) is 22.7. The SMILES string of the molecule is C#C.C/C(=C\C=CC/C(=C/O)C(=O)N(C)C)NC1=NS(=O)N=C1NCc1ccc2c(c1)OCO2.CC(C)C. The predicted octanol–water partition coefficient (Wildman–Crippen LogP) is 3.78. The second-order valence-electron chi connectivity index (χ2n) is 8.84. The number of rotatable bonds is 7. The molecular weight excluding hydrogens is 506 g/mol. The van der Waals surface area contributed by atoms with Crippen LogP contribution in [0.3, 0.4) is 0 Å². The number of hydrogen-bond acceptors (Lipinski definition) is 7. The molecule has 2 heterocycles. The van der Waals surface area contributed by atoms with Gasteiger partial charge in [0.25, 0.3) is 17.1 Å². The van der Waals surface area contributed by atoms with E-state index >= 15 is 0 Å². The Morgan fingerprint density at radius 2 is 1.82 bits per heavy atom. The number of fused-ring (bicyclic) bond motifs is 1. The monoisotopic (exact) mass is 543 g/mol. The van der Waals surface area contributed by atoms with Crippen molar-refractivity contribution in [2.45, 2.75) is 40.7 Å². The van der Waals surface area contributed by atoms with Gasteiger partial charge in [0.2, 0.25) is 6.79 Å². The molecule has 11 heteroatoms. The molecule has 0 spiro atoms. The van der Waals surface area contributed by atoms with Gasteiger partial charge in [0.05, 0.1) is 11.8 Å². The third kappa shape index (κ3) is 10.9. The molecule has 2 aliphatic heterocycles. The zero-order chi connectivity index (χ0) is 28.7. The fraction of sp³-hybridized carbons (Fsp3) is 0.370. The van der Waals surface area contributed by atoms with Crippen molar-refractivity contribution in [2.24, 2.45) is 14.7 Å². The van der Waals surface area contributed by atoms with Crippen LogP contribution >= 0.6 is 0 Å². The van der Waals surface area contributed by atoms with Gasteiger partial charge in [-0.3, -0.25) is 4.79 Å². The van der Waals surface area contributed by atoms with Crippen molar-refractivity contribution in [3.8, 4) is 24.3 Å².